The van der Waals surface area contributed by atoms with Crippen LogP contribution in [0.15, 0.2) is 30.3 Å². The van der Waals surface area contributed by atoms with Gasteiger partial charge in [0.1, 0.15) is 0 Å². The fourth-order valence-corrected chi connectivity index (χ4v) is 1.85. The second kappa shape index (κ2) is 2.80. The van der Waals surface area contributed by atoms with E-state index in [0.29, 0.717) is 4.09 Å². The molecule has 0 saturated heterocycles. The molecular weight excluding hydrogens is 139 g/mol. The van der Waals surface area contributed by atoms with Gasteiger partial charge in [-0.1, -0.05) is 0 Å². The van der Waals surface area contributed by atoms with Crippen molar-refractivity contribution in [1.82, 2.24) is 0 Å². The van der Waals surface area contributed by atoms with E-state index in [1.54, 1.807) is 0 Å². The molecule has 0 spiro atoms. The first-order valence-electron chi connectivity index (χ1n) is 4.46. The Morgan fingerprint density at radius 3 is 2.83 bits per heavy atom. The second-order valence-electron chi connectivity index (χ2n) is 4.08. The Hall–Kier alpha value is -0.443. The van der Waals surface area contributed by atoms with Crippen LogP contribution in [-0.2, 0) is 4.09 Å². The molecule has 0 N–H and O–H groups in total. The number of hydrogen-bond acceptors (Lipinski definition) is 0. The molecule has 12 heavy (non-hydrogen) atoms. The molecule has 2 rings (SSSR count). The van der Waals surface area contributed by atoms with Crippen molar-refractivity contribution < 1.29 is 0 Å². The van der Waals surface area contributed by atoms with Gasteiger partial charge in [-0.2, -0.15) is 0 Å². The van der Waals surface area contributed by atoms with Crippen molar-refractivity contribution in [2.24, 2.45) is 0 Å². The Labute approximate surface area is 82.9 Å². The molecular formula is C11H11Li. The van der Waals surface area contributed by atoms with E-state index in [-0.39, 0.29) is 0 Å². The standard InChI is InChI=1S/C11H11.Li/c1-9-5-4-7-10-6-2-3-8-11(9)10;/h2-4,6-8H,5H2,1H3;. The number of allylic oxidation sites excluding steroid dienone is 1. The van der Waals surface area contributed by atoms with E-state index in [1.807, 2.05) is 0 Å². The summed E-state index contributed by atoms with van der Waals surface area (Å²) < 4.78 is 0.325. The maximum absolute atomic E-state index is 2.30. The zero-order valence-corrected chi connectivity index (χ0v) is 7.67. The van der Waals surface area contributed by atoms with Crippen LogP contribution in [0.1, 0.15) is 24.5 Å². The van der Waals surface area contributed by atoms with Gasteiger partial charge in [0.25, 0.3) is 0 Å². The van der Waals surface area contributed by atoms with Gasteiger partial charge in [0.15, 0.2) is 0 Å². The van der Waals surface area contributed by atoms with Gasteiger partial charge in [0.05, 0.1) is 0 Å². The van der Waals surface area contributed by atoms with Gasteiger partial charge in [-0.25, -0.2) is 0 Å². The first kappa shape index (κ1) is 8.17. The van der Waals surface area contributed by atoms with Crippen molar-refractivity contribution in [3.8, 4) is 0 Å². The van der Waals surface area contributed by atoms with E-state index in [0.717, 1.165) is 6.42 Å². The van der Waals surface area contributed by atoms with Crippen LogP contribution in [0.5, 0.6) is 0 Å². The molecule has 1 aliphatic carbocycles. The fourth-order valence-electron chi connectivity index (χ4n) is 1.85. The summed E-state index contributed by atoms with van der Waals surface area (Å²) in [5.41, 5.74) is 2.86. The quantitative estimate of drug-likeness (QED) is 0.498. The van der Waals surface area contributed by atoms with Crippen molar-refractivity contribution in [1.29, 1.82) is 0 Å². The minimum atomic E-state index is 0.325. The predicted molar refractivity (Wildman–Crippen MR) is 53.2 cm³/mol. The fraction of sp³-hybridized carbons (Fsp3) is 0.273. The number of rotatable bonds is 0. The summed E-state index contributed by atoms with van der Waals surface area (Å²) in [5.74, 6) is 0. The average molecular weight is 150 g/mol. The molecule has 0 radical (unpaired) electrons. The van der Waals surface area contributed by atoms with E-state index in [2.05, 4.69) is 61.1 Å². The van der Waals surface area contributed by atoms with Crippen LogP contribution >= 0.6 is 0 Å². The summed E-state index contributed by atoms with van der Waals surface area (Å²) in [7, 11) is 0. The summed E-state index contributed by atoms with van der Waals surface area (Å²) in [4.78, 5) is 0. The Morgan fingerprint density at radius 2 is 2.08 bits per heavy atom. The van der Waals surface area contributed by atoms with Crippen LogP contribution in [0.4, 0.5) is 0 Å². The Kier molecular flexibility index (Phi) is 1.91. The van der Waals surface area contributed by atoms with Gasteiger partial charge in [-0.05, 0) is 0 Å². The monoisotopic (exact) mass is 150 g/mol. The van der Waals surface area contributed by atoms with Gasteiger partial charge in [-0.15, -0.1) is 0 Å². The Morgan fingerprint density at radius 1 is 1.33 bits per heavy atom. The molecule has 0 aromatic heterocycles. The average Bonchev–Trinajstić information content (AvgIpc) is 2.04. The molecule has 0 amide bonds. The molecule has 0 aliphatic heterocycles. The van der Waals surface area contributed by atoms with Crippen molar-refractivity contribution in [3.05, 3.63) is 41.5 Å². The Bertz CT molecular complexity index is 324. The molecule has 0 saturated carbocycles. The third kappa shape index (κ3) is 1.26. The molecule has 0 heterocycles. The van der Waals surface area contributed by atoms with E-state index in [4.69, 9.17) is 0 Å². The minimum absolute atomic E-state index is 0.325. The third-order valence-corrected chi connectivity index (χ3v) is 2.62. The van der Waals surface area contributed by atoms with Gasteiger partial charge in [0.2, 0.25) is 0 Å². The molecule has 1 aliphatic rings. The SMILES string of the molecule is [Li][C]1(C)CC=Cc2ccccc21. The number of benzene rings is 1. The predicted octanol–water partition coefficient (Wildman–Crippen LogP) is 2.49. The third-order valence-electron chi connectivity index (χ3n) is 2.62. The first-order chi connectivity index (χ1) is 5.70. The van der Waals surface area contributed by atoms with Crippen LogP contribution in [0, 0.1) is 0 Å². The molecule has 1 unspecified atom stereocenters. The van der Waals surface area contributed by atoms with Crippen LogP contribution in [0.2, 0.25) is 0 Å². The maximum atomic E-state index is 2.30. The van der Waals surface area contributed by atoms with Crippen molar-refractivity contribution >= 4 is 23.8 Å². The van der Waals surface area contributed by atoms with Crippen molar-refractivity contribution in [2.75, 3.05) is 0 Å². The van der Waals surface area contributed by atoms with E-state index in [9.17, 15) is 0 Å². The topological polar surface area (TPSA) is 0 Å². The zero-order chi connectivity index (χ0) is 8.60. The molecule has 56 valence electrons. The van der Waals surface area contributed by atoms with E-state index < -0.39 is 0 Å². The second-order valence-corrected chi connectivity index (χ2v) is 4.08. The van der Waals surface area contributed by atoms with Crippen LogP contribution in [0.25, 0.3) is 6.08 Å². The van der Waals surface area contributed by atoms with E-state index >= 15 is 0 Å². The molecule has 0 bridgehead atoms. The summed E-state index contributed by atoms with van der Waals surface area (Å²) in [5, 5.41) is 0. The normalized spacial score (nSPS) is 26.9. The van der Waals surface area contributed by atoms with E-state index in [1.165, 1.54) is 11.1 Å². The number of fused-ring (bicyclic) bond motifs is 1. The van der Waals surface area contributed by atoms with Crippen LogP contribution in [0.3, 0.4) is 0 Å². The molecule has 1 atom stereocenters. The molecule has 0 nitrogen and oxygen atoms in total. The van der Waals surface area contributed by atoms with Gasteiger partial charge in [-0.3, -0.25) is 0 Å². The summed E-state index contributed by atoms with van der Waals surface area (Å²) in [6, 6.07) is 8.65. The van der Waals surface area contributed by atoms with Crippen molar-refractivity contribution in [3.63, 3.8) is 0 Å². The first-order valence-corrected chi connectivity index (χ1v) is 4.46. The van der Waals surface area contributed by atoms with Crippen LogP contribution in [-0.4, -0.2) is 17.7 Å². The summed E-state index contributed by atoms with van der Waals surface area (Å²) in [6.45, 7) is 2.30. The zero-order valence-electron chi connectivity index (χ0n) is 7.67. The van der Waals surface area contributed by atoms with Gasteiger partial charge >= 0.3 is 82.7 Å². The van der Waals surface area contributed by atoms with Gasteiger partial charge < -0.3 is 0 Å². The molecule has 1 aromatic rings. The molecule has 1 aromatic carbocycles. The summed E-state index contributed by atoms with van der Waals surface area (Å²) >= 11 is 2.30. The Balaban J connectivity index is 2.60. The van der Waals surface area contributed by atoms with Gasteiger partial charge in [0, 0.05) is 0 Å². The molecule has 1 heteroatoms. The van der Waals surface area contributed by atoms with Crippen LogP contribution < -0.4 is 0 Å². The summed E-state index contributed by atoms with van der Waals surface area (Å²) in [6.07, 6.45) is 5.65. The number of hydrogen-bond donors (Lipinski definition) is 0. The molecule has 0 fully saturated rings. The van der Waals surface area contributed by atoms with Crippen molar-refractivity contribution in [2.45, 2.75) is 17.4 Å².